The molecule has 0 saturated heterocycles. The zero-order valence-corrected chi connectivity index (χ0v) is 20.1. The zero-order chi connectivity index (χ0) is 23.9. The third-order valence-electron chi connectivity index (χ3n) is 4.63. The van der Waals surface area contributed by atoms with Gasteiger partial charge in [0.25, 0.3) is 5.56 Å². The second kappa shape index (κ2) is 11.2. The van der Waals surface area contributed by atoms with E-state index < -0.39 is 0 Å². The van der Waals surface area contributed by atoms with Crippen molar-refractivity contribution in [3.05, 3.63) is 70.2 Å². The first kappa shape index (κ1) is 23.9. The Morgan fingerprint density at radius 3 is 2.71 bits per heavy atom. The molecule has 0 fully saturated rings. The first-order valence-corrected chi connectivity index (χ1v) is 12.4. The normalized spacial score (nSPS) is 10.9. The van der Waals surface area contributed by atoms with Crippen LogP contribution in [-0.2, 0) is 16.1 Å². The van der Waals surface area contributed by atoms with E-state index in [9.17, 15) is 14.4 Å². The number of hydrogen-bond acceptors (Lipinski definition) is 8. The molecule has 4 aromatic rings. The number of hydrogen-bond donors (Lipinski definition) is 2. The van der Waals surface area contributed by atoms with Crippen LogP contribution < -0.4 is 16.2 Å². The molecule has 2 amide bonds. The maximum Gasteiger partial charge on any atom is 0.261 e. The van der Waals surface area contributed by atoms with Crippen molar-refractivity contribution in [1.29, 1.82) is 0 Å². The van der Waals surface area contributed by atoms with Gasteiger partial charge in [0, 0.05) is 35.8 Å². The number of benzene rings is 2. The van der Waals surface area contributed by atoms with Gasteiger partial charge in [-0.3, -0.25) is 19.0 Å². The van der Waals surface area contributed by atoms with Gasteiger partial charge in [-0.05, 0) is 30.3 Å². The molecule has 0 aliphatic carbocycles. The number of aromatic nitrogens is 4. The Bertz CT molecular complexity index is 1390. The Morgan fingerprint density at radius 2 is 1.85 bits per heavy atom. The Labute approximate surface area is 207 Å². The first-order chi connectivity index (χ1) is 16.5. The molecule has 2 N–H and O–H groups in total. The molecule has 0 radical (unpaired) electrons. The second-order valence-electron chi connectivity index (χ2n) is 7.09. The third kappa shape index (κ3) is 6.40. The van der Waals surface area contributed by atoms with Gasteiger partial charge in [0.15, 0.2) is 4.34 Å². The van der Waals surface area contributed by atoms with E-state index in [0.29, 0.717) is 36.8 Å². The van der Waals surface area contributed by atoms with Crippen molar-refractivity contribution in [2.24, 2.45) is 0 Å². The zero-order valence-electron chi connectivity index (χ0n) is 17.7. The van der Waals surface area contributed by atoms with Crippen LogP contribution in [0, 0.1) is 0 Å². The highest BCUT2D eigenvalue weighted by molar-refractivity contribution is 8.01. The molecule has 0 aliphatic rings. The number of carbonyl (C=O) groups is 2. The number of halogens is 1. The van der Waals surface area contributed by atoms with Crippen molar-refractivity contribution in [3.8, 4) is 0 Å². The fraction of sp³-hybridized carbons (Fsp3) is 0.182. The van der Waals surface area contributed by atoms with E-state index in [1.807, 2.05) is 6.07 Å². The molecule has 0 spiro atoms. The molecule has 0 atom stereocenters. The third-order valence-corrected chi connectivity index (χ3v) is 6.84. The van der Waals surface area contributed by atoms with E-state index in [-0.39, 0.29) is 36.8 Å². The molecule has 34 heavy (non-hydrogen) atoms. The van der Waals surface area contributed by atoms with Gasteiger partial charge in [0.1, 0.15) is 0 Å². The summed E-state index contributed by atoms with van der Waals surface area (Å²) < 4.78 is 2.05. The fourth-order valence-electron chi connectivity index (χ4n) is 3.01. The van der Waals surface area contributed by atoms with E-state index >= 15 is 0 Å². The molecule has 12 heteroatoms. The lowest BCUT2D eigenvalue weighted by molar-refractivity contribution is -0.117. The Hall–Kier alpha value is -3.28. The average molecular weight is 515 g/mol. The maximum atomic E-state index is 12.5. The van der Waals surface area contributed by atoms with Gasteiger partial charge in [0.2, 0.25) is 16.9 Å². The number of carbonyl (C=O) groups excluding carboxylic acids is 2. The summed E-state index contributed by atoms with van der Waals surface area (Å²) >= 11 is 8.51. The van der Waals surface area contributed by atoms with Crippen molar-refractivity contribution >= 4 is 68.2 Å². The molecule has 0 saturated carbocycles. The summed E-state index contributed by atoms with van der Waals surface area (Å²) in [5, 5.41) is 14.9. The topological polar surface area (TPSA) is 119 Å². The van der Waals surface area contributed by atoms with Gasteiger partial charge in [-0.1, -0.05) is 52.9 Å². The van der Waals surface area contributed by atoms with Crippen molar-refractivity contribution in [3.63, 3.8) is 0 Å². The lowest BCUT2D eigenvalue weighted by Crippen LogP contribution is -2.23. The van der Waals surface area contributed by atoms with Gasteiger partial charge >= 0.3 is 0 Å². The van der Waals surface area contributed by atoms with E-state index in [1.54, 1.807) is 42.5 Å². The smallest absolute Gasteiger partial charge is 0.261 e. The number of aryl methyl sites for hydroxylation is 1. The molecule has 0 bridgehead atoms. The Kier molecular flexibility index (Phi) is 7.88. The van der Waals surface area contributed by atoms with Crippen LogP contribution in [0.2, 0.25) is 5.02 Å². The lowest BCUT2D eigenvalue weighted by Gasteiger charge is -2.06. The summed E-state index contributed by atoms with van der Waals surface area (Å²) in [6.45, 7) is 0.199. The van der Waals surface area contributed by atoms with E-state index in [1.165, 1.54) is 34.0 Å². The minimum absolute atomic E-state index is 0.0889. The molecule has 9 nitrogen and oxygen atoms in total. The summed E-state index contributed by atoms with van der Waals surface area (Å²) in [6, 6.07) is 14.0. The average Bonchev–Trinajstić information content (AvgIpc) is 3.26. The van der Waals surface area contributed by atoms with E-state index in [2.05, 4.69) is 25.8 Å². The van der Waals surface area contributed by atoms with E-state index in [0.717, 1.165) is 0 Å². The molecular weight excluding hydrogens is 496 g/mol. The second-order valence-corrected chi connectivity index (χ2v) is 9.84. The molecular formula is C22H19ClN6O3S2. The number of thioether (sulfide) groups is 1. The molecule has 0 unspecified atom stereocenters. The van der Waals surface area contributed by atoms with Crippen molar-refractivity contribution in [2.75, 3.05) is 16.4 Å². The molecule has 2 aromatic heterocycles. The monoisotopic (exact) mass is 514 g/mol. The van der Waals surface area contributed by atoms with E-state index in [4.69, 9.17) is 11.6 Å². The number of nitrogens with one attached hydrogen (secondary N) is 2. The molecule has 4 rings (SSSR count). The summed E-state index contributed by atoms with van der Waals surface area (Å²) in [4.78, 5) is 41.1. The van der Waals surface area contributed by atoms with Crippen LogP contribution >= 0.6 is 34.7 Å². The maximum absolute atomic E-state index is 12.5. The predicted octanol–water partition coefficient (Wildman–Crippen LogP) is 4.05. The molecule has 2 heterocycles. The largest absolute Gasteiger partial charge is 0.326 e. The highest BCUT2D eigenvalue weighted by atomic mass is 35.5. The Morgan fingerprint density at radius 1 is 1.03 bits per heavy atom. The van der Waals surface area contributed by atoms with Crippen LogP contribution in [-0.4, -0.2) is 37.3 Å². The van der Waals surface area contributed by atoms with Crippen LogP contribution in [0.3, 0.4) is 0 Å². The first-order valence-electron chi connectivity index (χ1n) is 10.2. The highest BCUT2D eigenvalue weighted by Crippen LogP contribution is 2.26. The Balaban J connectivity index is 1.22. The molecule has 174 valence electrons. The van der Waals surface area contributed by atoms with Crippen LogP contribution in [0.25, 0.3) is 10.9 Å². The fourth-order valence-corrected chi connectivity index (χ4v) is 4.98. The SMILES string of the molecule is O=C(CCSc1nnc(NC(=O)CCn2cnc3ccccc3c2=O)s1)Nc1cccc(Cl)c1. The molecule has 2 aromatic carbocycles. The van der Waals surface area contributed by atoms with Gasteiger partial charge in [0.05, 0.1) is 17.2 Å². The van der Waals surface area contributed by atoms with Gasteiger partial charge in [-0.2, -0.15) is 0 Å². The number of para-hydroxylation sites is 1. The summed E-state index contributed by atoms with van der Waals surface area (Å²) in [5.41, 5.74) is 1.08. The van der Waals surface area contributed by atoms with Crippen LogP contribution in [0.1, 0.15) is 12.8 Å². The van der Waals surface area contributed by atoms with Crippen molar-refractivity contribution < 1.29 is 9.59 Å². The van der Waals surface area contributed by atoms with Gasteiger partial charge in [-0.25, -0.2) is 4.98 Å². The highest BCUT2D eigenvalue weighted by Gasteiger charge is 2.11. The number of anilines is 2. The van der Waals surface area contributed by atoms with Gasteiger partial charge < -0.3 is 10.6 Å². The van der Waals surface area contributed by atoms with Crippen LogP contribution in [0.5, 0.6) is 0 Å². The summed E-state index contributed by atoms with van der Waals surface area (Å²) in [6.07, 6.45) is 1.82. The minimum Gasteiger partial charge on any atom is -0.326 e. The van der Waals surface area contributed by atoms with Crippen molar-refractivity contribution in [1.82, 2.24) is 19.7 Å². The van der Waals surface area contributed by atoms with Crippen LogP contribution in [0.15, 0.2) is 64.0 Å². The summed E-state index contributed by atoms with van der Waals surface area (Å²) in [5.74, 6) is 0.0900. The standard InChI is InChI=1S/C22H19ClN6O3S2/c23-14-4-3-5-15(12-14)25-19(31)9-11-33-22-28-27-21(34-22)26-18(30)8-10-29-13-24-17-7-2-1-6-16(17)20(29)32/h1-7,12-13H,8-11H2,(H,25,31)(H,26,27,30). The number of rotatable bonds is 9. The number of nitrogens with zero attached hydrogens (tertiary/aromatic N) is 4. The lowest BCUT2D eigenvalue weighted by atomic mass is 10.2. The number of amides is 2. The van der Waals surface area contributed by atoms with Crippen LogP contribution in [0.4, 0.5) is 10.8 Å². The quantitative estimate of drug-likeness (QED) is 0.255. The molecule has 0 aliphatic heterocycles. The predicted molar refractivity (Wildman–Crippen MR) is 135 cm³/mol. The van der Waals surface area contributed by atoms with Gasteiger partial charge in [-0.15, -0.1) is 10.2 Å². The van der Waals surface area contributed by atoms with Crippen molar-refractivity contribution in [2.45, 2.75) is 23.7 Å². The number of fused-ring (bicyclic) bond motifs is 1. The minimum atomic E-state index is -0.284. The summed E-state index contributed by atoms with van der Waals surface area (Å²) in [7, 11) is 0.